The highest BCUT2D eigenvalue weighted by Crippen LogP contribution is 2.33. The molecule has 10 nitrogen and oxygen atoms in total. The largest absolute Gasteiger partial charge is 0.493 e. The molecule has 0 spiro atoms. The van der Waals surface area contributed by atoms with Gasteiger partial charge in [-0.3, -0.25) is 9.59 Å². The molecule has 3 rings (SSSR count). The summed E-state index contributed by atoms with van der Waals surface area (Å²) in [5.74, 6) is -0.00215. The van der Waals surface area contributed by atoms with Crippen LogP contribution in [0.4, 0.5) is 5.13 Å². The van der Waals surface area contributed by atoms with Gasteiger partial charge >= 0.3 is 0 Å². The van der Waals surface area contributed by atoms with Crippen LogP contribution in [0.3, 0.4) is 0 Å². The molecule has 1 atom stereocenters. The number of aromatic nitrogens is 1. The highest BCUT2D eigenvalue weighted by Gasteiger charge is 2.40. The van der Waals surface area contributed by atoms with Crippen LogP contribution in [0.15, 0.2) is 23.1 Å². The number of hydrogen-bond donors (Lipinski definition) is 1. The molecule has 0 bridgehead atoms. The lowest BCUT2D eigenvalue weighted by Gasteiger charge is -2.23. The van der Waals surface area contributed by atoms with Crippen molar-refractivity contribution in [2.75, 3.05) is 40.2 Å². The summed E-state index contributed by atoms with van der Waals surface area (Å²) >= 11 is 1.06. The van der Waals surface area contributed by atoms with E-state index >= 15 is 0 Å². The summed E-state index contributed by atoms with van der Waals surface area (Å²) in [6.07, 6.45) is 0.929. The van der Waals surface area contributed by atoms with Crippen molar-refractivity contribution in [2.45, 2.75) is 30.7 Å². The quantitative estimate of drug-likeness (QED) is 0.641. The number of nitrogens with zero attached hydrogens (tertiary/aromatic N) is 3. The van der Waals surface area contributed by atoms with Crippen molar-refractivity contribution in [1.82, 2.24) is 14.2 Å². The normalized spacial score (nSPS) is 16.6. The number of rotatable bonds is 7. The average molecular weight is 483 g/mol. The van der Waals surface area contributed by atoms with Gasteiger partial charge in [-0.1, -0.05) is 11.3 Å². The van der Waals surface area contributed by atoms with Crippen molar-refractivity contribution in [3.05, 3.63) is 28.8 Å². The summed E-state index contributed by atoms with van der Waals surface area (Å²) < 4.78 is 38.1. The van der Waals surface area contributed by atoms with Gasteiger partial charge < -0.3 is 19.7 Å². The molecular weight excluding hydrogens is 456 g/mol. The first kappa shape index (κ1) is 24.0. The van der Waals surface area contributed by atoms with E-state index in [1.807, 2.05) is 0 Å². The Morgan fingerprint density at radius 2 is 1.91 bits per heavy atom. The van der Waals surface area contributed by atoms with Crippen LogP contribution in [0, 0.1) is 6.92 Å². The molecule has 1 aromatic heterocycles. The fourth-order valence-corrected chi connectivity index (χ4v) is 6.11. The summed E-state index contributed by atoms with van der Waals surface area (Å²) in [5, 5.41) is 2.94. The first-order chi connectivity index (χ1) is 15.1. The van der Waals surface area contributed by atoms with Crippen molar-refractivity contribution in [3.63, 3.8) is 0 Å². The number of ether oxygens (including phenoxy) is 2. The zero-order valence-electron chi connectivity index (χ0n) is 18.5. The summed E-state index contributed by atoms with van der Waals surface area (Å²) in [6, 6.07) is 3.43. The maximum Gasteiger partial charge on any atom is 0.265 e. The number of amides is 2. The maximum absolute atomic E-state index is 13.3. The number of carbonyl (C=O) groups excluding carboxylic acids is 2. The molecule has 1 fully saturated rings. The van der Waals surface area contributed by atoms with Gasteiger partial charge in [0.15, 0.2) is 16.6 Å². The fraction of sp³-hybridized carbons (Fsp3) is 0.450. The molecule has 0 radical (unpaired) electrons. The Kier molecular flexibility index (Phi) is 7.06. The fourth-order valence-electron chi connectivity index (χ4n) is 3.44. The number of thiazole rings is 1. The predicted octanol–water partition coefficient (Wildman–Crippen LogP) is 1.96. The van der Waals surface area contributed by atoms with Gasteiger partial charge in [-0.25, -0.2) is 13.4 Å². The third kappa shape index (κ3) is 4.57. The van der Waals surface area contributed by atoms with Gasteiger partial charge in [0.1, 0.15) is 10.9 Å². The Balaban J connectivity index is 1.83. The predicted molar refractivity (Wildman–Crippen MR) is 120 cm³/mol. The monoisotopic (exact) mass is 482 g/mol. The lowest BCUT2D eigenvalue weighted by molar-refractivity contribution is -0.119. The van der Waals surface area contributed by atoms with E-state index in [0.29, 0.717) is 29.2 Å². The minimum absolute atomic E-state index is 0.0128. The van der Waals surface area contributed by atoms with Gasteiger partial charge in [-0.2, -0.15) is 4.31 Å². The van der Waals surface area contributed by atoms with Crippen molar-refractivity contribution in [1.29, 1.82) is 0 Å². The van der Waals surface area contributed by atoms with Crippen molar-refractivity contribution < 1.29 is 27.5 Å². The Morgan fingerprint density at radius 1 is 1.22 bits per heavy atom. The second kappa shape index (κ2) is 9.43. The number of hydrogen-bond acceptors (Lipinski definition) is 8. The van der Waals surface area contributed by atoms with Crippen LogP contribution in [0.2, 0.25) is 0 Å². The van der Waals surface area contributed by atoms with E-state index in [0.717, 1.165) is 11.3 Å². The van der Waals surface area contributed by atoms with E-state index in [4.69, 9.17) is 9.47 Å². The topological polar surface area (TPSA) is 118 Å². The smallest absolute Gasteiger partial charge is 0.265 e. The molecule has 174 valence electrons. The first-order valence-corrected chi connectivity index (χ1v) is 12.1. The number of sulfonamides is 1. The van der Waals surface area contributed by atoms with Crippen LogP contribution in [0.25, 0.3) is 0 Å². The Bertz CT molecular complexity index is 1130. The molecule has 2 heterocycles. The number of aryl methyl sites for hydroxylation is 1. The van der Waals surface area contributed by atoms with Crippen LogP contribution in [0.1, 0.15) is 28.2 Å². The molecule has 1 saturated heterocycles. The molecule has 1 aromatic carbocycles. The van der Waals surface area contributed by atoms with Crippen molar-refractivity contribution in [3.8, 4) is 11.5 Å². The van der Waals surface area contributed by atoms with E-state index in [1.165, 1.54) is 41.6 Å². The number of methoxy groups -OCH3 is 2. The van der Waals surface area contributed by atoms with E-state index in [-0.39, 0.29) is 28.2 Å². The molecule has 2 amide bonds. The van der Waals surface area contributed by atoms with E-state index in [9.17, 15) is 18.0 Å². The molecular formula is C20H26N4O6S2. The van der Waals surface area contributed by atoms with E-state index < -0.39 is 22.0 Å². The molecule has 1 aliphatic rings. The van der Waals surface area contributed by atoms with Crippen LogP contribution >= 0.6 is 11.3 Å². The van der Waals surface area contributed by atoms with Crippen LogP contribution in [-0.4, -0.2) is 75.3 Å². The highest BCUT2D eigenvalue weighted by atomic mass is 32.2. The molecule has 1 aliphatic heterocycles. The average Bonchev–Trinajstić information content (AvgIpc) is 3.39. The summed E-state index contributed by atoms with van der Waals surface area (Å²) in [6.45, 7) is 1.91. The standard InChI is InChI=1S/C20H26N4O6S2/c1-12-17(19(26)23(2)3)31-20(21-12)22-18(25)14-7-6-10-24(14)32(27,28)13-8-9-15(29-4)16(11-13)30-5/h8-9,11,14H,6-7,10H2,1-5H3,(H,21,22,25). The zero-order chi connectivity index (χ0) is 23.6. The Labute approximate surface area is 191 Å². The lowest BCUT2D eigenvalue weighted by atomic mass is 10.2. The summed E-state index contributed by atoms with van der Waals surface area (Å²) in [4.78, 5) is 31.3. The van der Waals surface area contributed by atoms with Crippen LogP contribution in [0.5, 0.6) is 11.5 Å². The third-order valence-corrected chi connectivity index (χ3v) is 8.06. The lowest BCUT2D eigenvalue weighted by Crippen LogP contribution is -2.43. The number of benzene rings is 1. The van der Waals surface area contributed by atoms with Gasteiger partial charge in [-0.15, -0.1) is 0 Å². The molecule has 0 saturated carbocycles. The van der Waals surface area contributed by atoms with Gasteiger partial charge in [0.2, 0.25) is 15.9 Å². The van der Waals surface area contributed by atoms with Gasteiger partial charge in [0.05, 0.1) is 24.8 Å². The number of nitrogens with one attached hydrogen (secondary N) is 1. The number of anilines is 1. The van der Waals surface area contributed by atoms with E-state index in [1.54, 1.807) is 21.0 Å². The van der Waals surface area contributed by atoms with Crippen LogP contribution < -0.4 is 14.8 Å². The maximum atomic E-state index is 13.3. The van der Waals surface area contributed by atoms with Crippen LogP contribution in [-0.2, 0) is 14.8 Å². The summed E-state index contributed by atoms with van der Waals surface area (Å²) in [7, 11) is 2.20. The SMILES string of the molecule is COc1ccc(S(=O)(=O)N2CCCC2C(=O)Nc2nc(C)c(C(=O)N(C)C)s2)cc1OC. The third-order valence-electron chi connectivity index (χ3n) is 5.10. The highest BCUT2D eigenvalue weighted by molar-refractivity contribution is 7.89. The summed E-state index contributed by atoms with van der Waals surface area (Å²) in [5.41, 5.74) is 0.505. The van der Waals surface area contributed by atoms with Crippen molar-refractivity contribution in [2.24, 2.45) is 0 Å². The molecule has 12 heteroatoms. The molecule has 2 aromatic rings. The van der Waals surface area contributed by atoms with E-state index in [2.05, 4.69) is 10.3 Å². The second-order valence-corrected chi connectivity index (χ2v) is 10.3. The molecule has 1 unspecified atom stereocenters. The van der Waals surface area contributed by atoms with Gasteiger partial charge in [0.25, 0.3) is 5.91 Å². The number of carbonyl (C=O) groups is 2. The molecule has 32 heavy (non-hydrogen) atoms. The first-order valence-electron chi connectivity index (χ1n) is 9.84. The Hall–Kier alpha value is -2.70. The zero-order valence-corrected chi connectivity index (χ0v) is 20.2. The minimum Gasteiger partial charge on any atom is -0.493 e. The molecule has 1 N–H and O–H groups in total. The second-order valence-electron chi connectivity index (χ2n) is 7.41. The van der Waals surface area contributed by atoms with Crippen molar-refractivity contribution >= 4 is 38.3 Å². The Morgan fingerprint density at radius 3 is 2.53 bits per heavy atom. The van der Waals surface area contributed by atoms with Gasteiger partial charge in [0, 0.05) is 26.7 Å². The minimum atomic E-state index is -3.95. The van der Waals surface area contributed by atoms with Gasteiger partial charge in [-0.05, 0) is 31.9 Å². The molecule has 0 aliphatic carbocycles.